The Morgan fingerprint density at radius 3 is 1.65 bits per heavy atom. The fourth-order valence-corrected chi connectivity index (χ4v) is 24.9. The zero-order chi connectivity index (χ0) is 57.3. The van der Waals surface area contributed by atoms with Crippen molar-refractivity contribution in [2.45, 2.75) is 221 Å². The zero-order valence-electron chi connectivity index (χ0n) is 50.5. The van der Waals surface area contributed by atoms with Crippen molar-refractivity contribution in [2.75, 3.05) is 34.5 Å². The fraction of sp³-hybridized carbons (Fsp3) is 0.877. The topological polar surface area (TPSA) is 192 Å². The van der Waals surface area contributed by atoms with E-state index in [4.69, 9.17) is 33.2 Å². The summed E-state index contributed by atoms with van der Waals surface area (Å²) < 4.78 is 46.8. The molecule has 24 atom stereocenters. The number of fused-ring (bicyclic) bond motifs is 8. The molecule has 15 heteroatoms. The van der Waals surface area contributed by atoms with E-state index in [1.807, 2.05) is 14.2 Å². The summed E-state index contributed by atoms with van der Waals surface area (Å²) in [5.41, 5.74) is 1.50. The van der Waals surface area contributed by atoms with Crippen LogP contribution in [0.5, 0.6) is 5.75 Å². The van der Waals surface area contributed by atoms with Crippen LogP contribution in [0.3, 0.4) is 0 Å². The first-order chi connectivity index (χ1) is 37.7. The average molecular weight is 1120 g/mol. The normalized spacial score (nSPS) is 51.8. The third-order valence-corrected chi connectivity index (χ3v) is 28.4. The van der Waals surface area contributed by atoms with Gasteiger partial charge in [0.05, 0.1) is 60.9 Å². The van der Waals surface area contributed by atoms with Gasteiger partial charge in [-0.1, -0.05) is 69.2 Å². The Labute approximate surface area is 475 Å². The molecule has 12 aliphatic rings. The molecule has 1 aromatic rings. The van der Waals surface area contributed by atoms with Gasteiger partial charge >= 0.3 is 12.3 Å². The fourth-order valence-electron chi connectivity index (χ4n) is 24.9. The molecule has 2 N–H and O–H groups in total. The van der Waals surface area contributed by atoms with Crippen LogP contribution in [-0.4, -0.2) is 111 Å². The molecule has 446 valence electrons. The molecule has 10 saturated carbocycles. The van der Waals surface area contributed by atoms with E-state index in [2.05, 4.69) is 74.0 Å². The van der Waals surface area contributed by atoms with Crippen LogP contribution in [0.15, 0.2) is 24.3 Å². The van der Waals surface area contributed by atoms with Crippen LogP contribution in [0.25, 0.3) is 0 Å². The molecule has 2 aliphatic heterocycles. The number of nitro benzene ring substituents is 1. The molecule has 0 unspecified atom stereocenters. The molecule has 1 aromatic carbocycles. The van der Waals surface area contributed by atoms with Gasteiger partial charge in [0.15, 0.2) is 0 Å². The van der Waals surface area contributed by atoms with E-state index < -0.39 is 23.3 Å². The molecule has 0 radical (unpaired) electrons. The van der Waals surface area contributed by atoms with Gasteiger partial charge in [-0.2, -0.15) is 0 Å². The first-order valence-corrected chi connectivity index (χ1v) is 31.2. The van der Waals surface area contributed by atoms with E-state index in [1.165, 1.54) is 82.7 Å². The number of rotatable bonds is 8. The molecule has 10 aliphatic carbocycles. The van der Waals surface area contributed by atoms with Gasteiger partial charge in [-0.3, -0.25) is 10.1 Å². The third-order valence-electron chi connectivity index (χ3n) is 28.4. The highest BCUT2D eigenvalue weighted by molar-refractivity contribution is 5.64. The lowest BCUT2D eigenvalue weighted by Gasteiger charge is -2.64. The predicted molar refractivity (Wildman–Crippen MR) is 297 cm³/mol. The lowest BCUT2D eigenvalue weighted by Crippen LogP contribution is -2.60. The van der Waals surface area contributed by atoms with Crippen LogP contribution in [0, 0.1) is 112 Å². The average Bonchev–Trinajstić information content (AvgIpc) is 2.59. The SMILES string of the molecule is COC(=O)OC[C@H]1C[C@@H](C)[C@H]2[C@H](O1)[C@H](O)[C@@]1(C)[C@@H]3CC[C@H]4C(C)(C)[C@@H](O)CC[C@@]45C[C@@]35CC[C@]21C.CO[C@H]1CC[C@]23C[C@]24CC[C@]2(C)[C@@H]5[C@H](O[C@@H](COC(=O)Oc6ccc([N+](=O)[O-])cc6)C[C@H]5C)[C@H](OC)[C@@]2(C)[C@@H]4CC[C@H]3C1(C)C. The number of nitrogens with zero attached hydrogens (tertiary/aromatic N) is 1. The van der Waals surface area contributed by atoms with Gasteiger partial charge in [-0.25, -0.2) is 9.59 Å². The van der Waals surface area contributed by atoms with Crippen molar-refractivity contribution in [2.24, 2.45) is 101 Å². The maximum atomic E-state index is 12.5. The highest BCUT2D eigenvalue weighted by atomic mass is 16.7. The van der Waals surface area contributed by atoms with Gasteiger partial charge in [-0.15, -0.1) is 0 Å². The number of hydrogen-bond donors (Lipinski definition) is 2. The monoisotopic (exact) mass is 1120 g/mol. The Morgan fingerprint density at radius 2 is 1.10 bits per heavy atom. The summed E-state index contributed by atoms with van der Waals surface area (Å²) in [4.78, 5) is 34.5. The van der Waals surface area contributed by atoms with Crippen molar-refractivity contribution < 1.29 is 62.6 Å². The molecular formula is C65H97NO14. The summed E-state index contributed by atoms with van der Waals surface area (Å²) >= 11 is 0. The largest absolute Gasteiger partial charge is 0.513 e. The quantitative estimate of drug-likeness (QED) is 0.108. The number of aliphatic hydroxyl groups excluding tert-OH is 2. The molecule has 0 amide bonds. The summed E-state index contributed by atoms with van der Waals surface area (Å²) in [6.45, 7) is 24.4. The molecule has 0 aromatic heterocycles. The molecule has 2 saturated heterocycles. The van der Waals surface area contributed by atoms with Gasteiger partial charge in [0.1, 0.15) is 19.0 Å². The van der Waals surface area contributed by atoms with Crippen LogP contribution < -0.4 is 4.74 Å². The first kappa shape index (κ1) is 57.4. The summed E-state index contributed by atoms with van der Waals surface area (Å²) in [6, 6.07) is 5.38. The first-order valence-electron chi connectivity index (χ1n) is 31.2. The van der Waals surface area contributed by atoms with E-state index in [-0.39, 0.29) is 93.8 Å². The number of carbonyl (C=O) groups is 2. The summed E-state index contributed by atoms with van der Waals surface area (Å²) in [5.74, 6) is 4.06. The van der Waals surface area contributed by atoms with Crippen molar-refractivity contribution >= 4 is 18.0 Å². The number of methoxy groups -OCH3 is 3. The summed E-state index contributed by atoms with van der Waals surface area (Å²) in [6.07, 6.45) is 15.9. The smallest absolute Gasteiger partial charge is 0.438 e. The van der Waals surface area contributed by atoms with Crippen molar-refractivity contribution in [3.63, 3.8) is 0 Å². The van der Waals surface area contributed by atoms with Gasteiger partial charge < -0.3 is 48.1 Å². The summed E-state index contributed by atoms with van der Waals surface area (Å²) in [5, 5.41) is 33.9. The number of aliphatic hydroxyl groups is 2. The molecular weight excluding hydrogens is 1020 g/mol. The van der Waals surface area contributed by atoms with E-state index in [0.717, 1.165) is 51.4 Å². The van der Waals surface area contributed by atoms with Crippen molar-refractivity contribution in [3.8, 4) is 5.75 Å². The minimum Gasteiger partial charge on any atom is -0.438 e. The number of benzene rings is 1. The van der Waals surface area contributed by atoms with Crippen molar-refractivity contribution in [3.05, 3.63) is 34.4 Å². The van der Waals surface area contributed by atoms with Crippen LogP contribution in [0.4, 0.5) is 15.3 Å². The molecule has 13 rings (SSSR count). The highest BCUT2D eigenvalue weighted by Crippen LogP contribution is 2.91. The lowest BCUT2D eigenvalue weighted by molar-refractivity contribution is -0.384. The van der Waals surface area contributed by atoms with Gasteiger partial charge in [0.25, 0.3) is 5.69 Å². The highest BCUT2D eigenvalue weighted by Gasteiger charge is 2.87. The van der Waals surface area contributed by atoms with Crippen LogP contribution in [0.1, 0.15) is 172 Å². The molecule has 2 heterocycles. The zero-order valence-corrected chi connectivity index (χ0v) is 50.5. The van der Waals surface area contributed by atoms with Crippen molar-refractivity contribution in [1.29, 1.82) is 0 Å². The number of non-ortho nitro benzene ring substituents is 1. The molecule has 15 nitrogen and oxygen atoms in total. The minimum absolute atomic E-state index is 0.00902. The second kappa shape index (κ2) is 19.0. The molecule has 0 bridgehead atoms. The second-order valence-electron chi connectivity index (χ2n) is 30.9. The standard InChI is InChI=1S/C36H51NO8.C29H46O6/c1-21-18-24(19-43-31(38)45-23-10-8-22(9-11-23)37(39)40)44-29-28(21)33(4)16-17-36-20-35(36)15-14-27(41-6)32(2,3)25(35)12-13-26(36)34(33,5)30(29)42-7;1-16-13-17(14-34-24(32)33-6)35-22-21(16)26(4)11-12-29-15-28(29)10-9-20(30)25(2,3)18(28)7-8-19(29)27(26,5)23(22)31/h8-11,21,24-30H,12-20H2,1-7H3;16-23,30-31H,7-15H2,1-6H3/t21-,24-,25+,26+,27+,28+,29+,30+,33-,34-,35-,36+;16-,17-,18+,19+,20+,21+,22+,23+,26-,27-,28-,29+/m11/s1. The number of nitro groups is 1. The van der Waals surface area contributed by atoms with Crippen LogP contribution in [-0.2, 0) is 33.2 Å². The predicted octanol–water partition coefficient (Wildman–Crippen LogP) is 12.5. The Kier molecular flexibility index (Phi) is 13.6. The van der Waals surface area contributed by atoms with E-state index in [1.54, 1.807) is 0 Å². The third kappa shape index (κ3) is 7.42. The maximum absolute atomic E-state index is 12.5. The van der Waals surface area contributed by atoms with Crippen LogP contribution >= 0.6 is 0 Å². The number of hydrogen-bond acceptors (Lipinski definition) is 14. The van der Waals surface area contributed by atoms with E-state index >= 15 is 0 Å². The Bertz CT molecular complexity index is 2590. The number of carbonyl (C=O) groups excluding carboxylic acids is 2. The van der Waals surface area contributed by atoms with Crippen LogP contribution in [0.2, 0.25) is 0 Å². The van der Waals surface area contributed by atoms with Gasteiger partial charge in [0.2, 0.25) is 0 Å². The van der Waals surface area contributed by atoms with Gasteiger partial charge in [-0.05, 0) is 206 Å². The second-order valence-corrected chi connectivity index (χ2v) is 30.9. The number of ether oxygens (including phenoxy) is 8. The molecule has 80 heavy (non-hydrogen) atoms. The molecule has 4 spiro atoms. The molecule has 12 fully saturated rings. The lowest BCUT2D eigenvalue weighted by atomic mass is 9.41. The maximum Gasteiger partial charge on any atom is 0.513 e. The Morgan fingerprint density at radius 1 is 0.613 bits per heavy atom. The summed E-state index contributed by atoms with van der Waals surface area (Å²) in [7, 11) is 5.09. The van der Waals surface area contributed by atoms with Crippen molar-refractivity contribution in [1.82, 2.24) is 0 Å². The van der Waals surface area contributed by atoms with E-state index in [9.17, 15) is 29.9 Å². The minimum atomic E-state index is -0.839. The Hall–Kier alpha value is -3.08. The Balaban J connectivity index is 0.000000164. The van der Waals surface area contributed by atoms with E-state index in [0.29, 0.717) is 75.1 Å². The van der Waals surface area contributed by atoms with Gasteiger partial charge in [0, 0.05) is 37.2 Å².